The smallest absolute Gasteiger partial charge is 0.233 e. The highest BCUT2D eigenvalue weighted by Gasteiger charge is 2.54. The summed E-state index contributed by atoms with van der Waals surface area (Å²) in [4.78, 5) is 17.7. The van der Waals surface area contributed by atoms with E-state index in [0.29, 0.717) is 11.9 Å². The number of rotatable bonds is 3. The van der Waals surface area contributed by atoms with E-state index in [2.05, 4.69) is 4.98 Å². The molecule has 1 amide bonds. The summed E-state index contributed by atoms with van der Waals surface area (Å²) in [6.07, 6.45) is 3.76. The molecule has 1 saturated heterocycles. The number of aromatic amines is 1. The third kappa shape index (κ3) is 2.33. The van der Waals surface area contributed by atoms with E-state index in [9.17, 15) is 17.6 Å². The third-order valence-electron chi connectivity index (χ3n) is 5.40. The molecular formula is C17H19FN2O3S. The molecule has 128 valence electrons. The molecule has 0 bridgehead atoms. The number of benzene rings is 1. The van der Waals surface area contributed by atoms with Crippen LogP contribution in [0.5, 0.6) is 0 Å². The van der Waals surface area contributed by atoms with Crippen LogP contribution in [0.4, 0.5) is 4.39 Å². The Morgan fingerprint density at radius 1 is 1.38 bits per heavy atom. The van der Waals surface area contributed by atoms with Gasteiger partial charge < -0.3 is 9.88 Å². The lowest BCUT2D eigenvalue weighted by Gasteiger charge is -2.28. The molecule has 0 radical (unpaired) electrons. The molecule has 2 heterocycles. The van der Waals surface area contributed by atoms with Gasteiger partial charge in [-0.3, -0.25) is 4.79 Å². The maximum Gasteiger partial charge on any atom is 0.233 e. The van der Waals surface area contributed by atoms with Gasteiger partial charge in [0.05, 0.1) is 16.9 Å². The SMILES string of the molecule is CN(C(=O)C1(c2c[nH]c3cc(F)ccc23)CC1)C1CCS(=O)(=O)C1. The molecule has 1 aromatic carbocycles. The molecule has 4 rings (SSSR count). The number of aromatic nitrogens is 1. The van der Waals surface area contributed by atoms with E-state index in [-0.39, 0.29) is 29.3 Å². The highest BCUT2D eigenvalue weighted by atomic mass is 32.2. The van der Waals surface area contributed by atoms with Crippen molar-refractivity contribution in [3.05, 3.63) is 35.8 Å². The third-order valence-corrected chi connectivity index (χ3v) is 7.15. The summed E-state index contributed by atoms with van der Waals surface area (Å²) in [7, 11) is -1.34. The average Bonchev–Trinajstić information content (AvgIpc) is 3.10. The number of H-pyrrole nitrogens is 1. The predicted molar refractivity (Wildman–Crippen MR) is 89.0 cm³/mol. The van der Waals surface area contributed by atoms with Crippen LogP contribution < -0.4 is 0 Å². The number of nitrogens with one attached hydrogen (secondary N) is 1. The Kier molecular flexibility index (Phi) is 3.29. The first kappa shape index (κ1) is 15.6. The second-order valence-corrected chi connectivity index (χ2v) is 9.18. The summed E-state index contributed by atoms with van der Waals surface area (Å²) in [6, 6.07) is 4.27. The van der Waals surface area contributed by atoms with Gasteiger partial charge in [0.1, 0.15) is 5.82 Å². The van der Waals surface area contributed by atoms with Crippen LogP contribution in [0.1, 0.15) is 24.8 Å². The monoisotopic (exact) mass is 350 g/mol. The van der Waals surface area contributed by atoms with Crippen LogP contribution in [0, 0.1) is 5.82 Å². The molecule has 1 aliphatic carbocycles. The van der Waals surface area contributed by atoms with Crippen molar-refractivity contribution in [1.29, 1.82) is 0 Å². The molecule has 2 aromatic rings. The zero-order valence-electron chi connectivity index (χ0n) is 13.4. The van der Waals surface area contributed by atoms with E-state index in [1.807, 2.05) is 0 Å². The molecule has 24 heavy (non-hydrogen) atoms. The largest absolute Gasteiger partial charge is 0.361 e. The first-order valence-corrected chi connectivity index (χ1v) is 9.89. The quantitative estimate of drug-likeness (QED) is 0.920. The maximum absolute atomic E-state index is 13.4. The second kappa shape index (κ2) is 5.05. The van der Waals surface area contributed by atoms with Crippen LogP contribution in [-0.2, 0) is 20.0 Å². The highest BCUT2D eigenvalue weighted by molar-refractivity contribution is 7.91. The summed E-state index contributed by atoms with van der Waals surface area (Å²) >= 11 is 0. The van der Waals surface area contributed by atoms with Crippen molar-refractivity contribution in [3.63, 3.8) is 0 Å². The first-order valence-electron chi connectivity index (χ1n) is 8.07. The first-order chi connectivity index (χ1) is 11.3. The van der Waals surface area contributed by atoms with Gasteiger partial charge in [-0.25, -0.2) is 12.8 Å². The Hall–Kier alpha value is -1.89. The summed E-state index contributed by atoms with van der Waals surface area (Å²) in [5.74, 6) is -0.158. The van der Waals surface area contributed by atoms with Crippen molar-refractivity contribution >= 4 is 26.6 Å². The van der Waals surface area contributed by atoms with Gasteiger partial charge in [-0.2, -0.15) is 0 Å². The number of likely N-dealkylation sites (N-methyl/N-ethyl adjacent to an activating group) is 1. The van der Waals surface area contributed by atoms with Gasteiger partial charge in [-0.05, 0) is 43.0 Å². The van der Waals surface area contributed by atoms with Crippen LogP contribution >= 0.6 is 0 Å². The molecule has 1 aromatic heterocycles. The number of fused-ring (bicyclic) bond motifs is 1. The molecule has 5 nitrogen and oxygen atoms in total. The summed E-state index contributed by atoms with van der Waals surface area (Å²) in [5, 5.41) is 0.856. The highest BCUT2D eigenvalue weighted by Crippen LogP contribution is 2.52. The van der Waals surface area contributed by atoms with E-state index in [4.69, 9.17) is 0 Å². The molecular weight excluding hydrogens is 331 g/mol. The Balaban J connectivity index is 1.66. The summed E-state index contributed by atoms with van der Waals surface area (Å²) in [5.41, 5.74) is 0.961. The van der Waals surface area contributed by atoms with E-state index >= 15 is 0 Å². The van der Waals surface area contributed by atoms with Crippen LogP contribution in [0.2, 0.25) is 0 Å². The summed E-state index contributed by atoms with van der Waals surface area (Å²) < 4.78 is 36.8. The van der Waals surface area contributed by atoms with E-state index in [1.54, 1.807) is 24.2 Å². The van der Waals surface area contributed by atoms with Crippen LogP contribution in [0.15, 0.2) is 24.4 Å². The Labute approximate surface area is 139 Å². The lowest BCUT2D eigenvalue weighted by molar-refractivity contribution is -0.134. The minimum absolute atomic E-state index is 0.0326. The zero-order valence-corrected chi connectivity index (χ0v) is 14.2. The van der Waals surface area contributed by atoms with Gasteiger partial charge >= 0.3 is 0 Å². The van der Waals surface area contributed by atoms with Crippen LogP contribution in [-0.4, -0.2) is 48.8 Å². The van der Waals surface area contributed by atoms with Gasteiger partial charge in [0.2, 0.25) is 5.91 Å². The molecule has 2 fully saturated rings. The predicted octanol–water partition coefficient (Wildman–Crippen LogP) is 1.98. The number of amides is 1. The number of hydrogen-bond donors (Lipinski definition) is 1. The van der Waals surface area contributed by atoms with Gasteiger partial charge in [0.25, 0.3) is 0 Å². The molecule has 1 saturated carbocycles. The average molecular weight is 350 g/mol. The van der Waals surface area contributed by atoms with Crippen LogP contribution in [0.3, 0.4) is 0 Å². The number of hydrogen-bond acceptors (Lipinski definition) is 3. The number of carbonyl (C=O) groups excluding carboxylic acids is 1. The zero-order chi connectivity index (χ0) is 17.1. The van der Waals surface area contributed by atoms with Crippen molar-refractivity contribution in [2.24, 2.45) is 0 Å². The minimum atomic E-state index is -3.03. The van der Waals surface area contributed by atoms with Crippen molar-refractivity contribution < 1.29 is 17.6 Å². The topological polar surface area (TPSA) is 70.2 Å². The maximum atomic E-state index is 13.4. The molecule has 7 heteroatoms. The van der Waals surface area contributed by atoms with Gasteiger partial charge in [-0.1, -0.05) is 0 Å². The van der Waals surface area contributed by atoms with E-state index < -0.39 is 15.3 Å². The lowest BCUT2D eigenvalue weighted by atomic mass is 9.93. The fourth-order valence-electron chi connectivity index (χ4n) is 3.80. The van der Waals surface area contributed by atoms with E-state index in [0.717, 1.165) is 23.8 Å². The van der Waals surface area contributed by atoms with Crippen molar-refractivity contribution in [2.75, 3.05) is 18.6 Å². The molecule has 2 aliphatic rings. The van der Waals surface area contributed by atoms with Gasteiger partial charge in [0.15, 0.2) is 9.84 Å². The van der Waals surface area contributed by atoms with Crippen molar-refractivity contribution in [2.45, 2.75) is 30.7 Å². The number of nitrogens with zero attached hydrogens (tertiary/aromatic N) is 1. The van der Waals surface area contributed by atoms with Gasteiger partial charge in [-0.15, -0.1) is 0 Å². The summed E-state index contributed by atoms with van der Waals surface area (Å²) in [6.45, 7) is 0. The van der Waals surface area contributed by atoms with E-state index in [1.165, 1.54) is 12.1 Å². The fourth-order valence-corrected chi connectivity index (χ4v) is 5.58. The normalized spacial score (nSPS) is 24.2. The van der Waals surface area contributed by atoms with Crippen LogP contribution in [0.25, 0.3) is 10.9 Å². The Bertz CT molecular complexity index is 930. The minimum Gasteiger partial charge on any atom is -0.361 e. The molecule has 1 aliphatic heterocycles. The number of sulfone groups is 1. The number of halogens is 1. The fraction of sp³-hybridized carbons (Fsp3) is 0.471. The standard InChI is InChI=1S/C17H19FN2O3S/c1-20(12-4-7-24(22,23)10-12)16(21)17(5-6-17)14-9-19-15-8-11(18)2-3-13(14)15/h2-3,8-9,12,19H,4-7,10H2,1H3. The number of carbonyl (C=O) groups is 1. The van der Waals surface area contributed by atoms with Crippen molar-refractivity contribution in [1.82, 2.24) is 9.88 Å². The lowest BCUT2D eigenvalue weighted by Crippen LogP contribution is -2.43. The van der Waals surface area contributed by atoms with Gasteiger partial charge in [0, 0.05) is 30.2 Å². The molecule has 0 spiro atoms. The Morgan fingerprint density at radius 2 is 2.12 bits per heavy atom. The van der Waals surface area contributed by atoms with Crippen molar-refractivity contribution in [3.8, 4) is 0 Å². The second-order valence-electron chi connectivity index (χ2n) is 6.95. The molecule has 1 N–H and O–H groups in total. The molecule has 1 unspecified atom stereocenters. The molecule has 1 atom stereocenters. The Morgan fingerprint density at radius 3 is 2.75 bits per heavy atom.